The lowest BCUT2D eigenvalue weighted by atomic mass is 10.0. The van der Waals surface area contributed by atoms with E-state index in [9.17, 15) is 4.79 Å². The minimum atomic E-state index is -0.344. The van der Waals surface area contributed by atoms with Crippen LogP contribution in [0.4, 0.5) is 0 Å². The second-order valence-corrected chi connectivity index (χ2v) is 4.52. The fraction of sp³-hybridized carbons (Fsp3) is 0.917. The van der Waals surface area contributed by atoms with Crippen LogP contribution >= 0.6 is 0 Å². The van der Waals surface area contributed by atoms with Gasteiger partial charge < -0.3 is 24.3 Å². The topological polar surface area (TPSA) is 66.0 Å². The first kappa shape index (κ1) is 15.4. The van der Waals surface area contributed by atoms with Gasteiger partial charge in [-0.1, -0.05) is 0 Å². The van der Waals surface area contributed by atoms with Gasteiger partial charge in [-0.25, -0.2) is 4.79 Å². The van der Waals surface area contributed by atoms with Gasteiger partial charge in [-0.05, 0) is 13.3 Å². The fourth-order valence-electron chi connectivity index (χ4n) is 1.48. The molecule has 106 valence electrons. The summed E-state index contributed by atoms with van der Waals surface area (Å²) >= 11 is 0. The third kappa shape index (κ3) is 6.30. The largest absolute Gasteiger partial charge is 0.462 e. The van der Waals surface area contributed by atoms with Crippen molar-refractivity contribution in [2.75, 3.05) is 53.2 Å². The molecule has 18 heavy (non-hydrogen) atoms. The second kappa shape index (κ2) is 8.42. The van der Waals surface area contributed by atoms with Crippen LogP contribution in [-0.4, -0.2) is 64.8 Å². The van der Waals surface area contributed by atoms with Crippen molar-refractivity contribution >= 4 is 5.97 Å². The Morgan fingerprint density at radius 3 is 2.61 bits per heavy atom. The van der Waals surface area contributed by atoms with Gasteiger partial charge in [-0.15, -0.1) is 0 Å². The molecule has 1 saturated heterocycles. The van der Waals surface area contributed by atoms with Crippen LogP contribution in [0.5, 0.6) is 0 Å². The molecule has 0 saturated carbocycles. The molecule has 0 unspecified atom stereocenters. The van der Waals surface area contributed by atoms with E-state index < -0.39 is 0 Å². The SMILES string of the molecule is COCCCOCCOC(=O)COC1(C)CNC1. The van der Waals surface area contributed by atoms with Crippen LogP contribution in [-0.2, 0) is 23.7 Å². The molecule has 0 aromatic heterocycles. The summed E-state index contributed by atoms with van der Waals surface area (Å²) in [5, 5.41) is 3.09. The number of hydrogen-bond donors (Lipinski definition) is 1. The average molecular weight is 261 g/mol. The summed E-state index contributed by atoms with van der Waals surface area (Å²) in [6.45, 7) is 5.51. The molecule has 1 rings (SSSR count). The Kier molecular flexibility index (Phi) is 7.19. The quantitative estimate of drug-likeness (QED) is 0.440. The Bertz CT molecular complexity index is 243. The Labute approximate surface area is 108 Å². The molecule has 1 N–H and O–H groups in total. The van der Waals surface area contributed by atoms with Crippen molar-refractivity contribution in [3.8, 4) is 0 Å². The fourth-order valence-corrected chi connectivity index (χ4v) is 1.48. The van der Waals surface area contributed by atoms with Gasteiger partial charge in [-0.2, -0.15) is 0 Å². The molecule has 1 heterocycles. The summed E-state index contributed by atoms with van der Waals surface area (Å²) in [7, 11) is 1.65. The average Bonchev–Trinajstić information content (AvgIpc) is 2.33. The summed E-state index contributed by atoms with van der Waals surface area (Å²) in [6.07, 6.45) is 0.846. The van der Waals surface area contributed by atoms with Crippen molar-refractivity contribution in [3.63, 3.8) is 0 Å². The number of nitrogens with one attached hydrogen (secondary N) is 1. The Morgan fingerprint density at radius 2 is 2.00 bits per heavy atom. The Morgan fingerprint density at radius 1 is 1.22 bits per heavy atom. The van der Waals surface area contributed by atoms with Gasteiger partial charge >= 0.3 is 5.97 Å². The first-order valence-corrected chi connectivity index (χ1v) is 6.23. The third-order valence-corrected chi connectivity index (χ3v) is 2.66. The summed E-state index contributed by atoms with van der Waals surface area (Å²) in [4.78, 5) is 11.3. The van der Waals surface area contributed by atoms with E-state index in [2.05, 4.69) is 5.32 Å². The van der Waals surface area contributed by atoms with Crippen LogP contribution < -0.4 is 5.32 Å². The minimum Gasteiger partial charge on any atom is -0.462 e. The molecule has 1 fully saturated rings. The van der Waals surface area contributed by atoms with Gasteiger partial charge in [0.15, 0.2) is 0 Å². The molecule has 0 radical (unpaired) electrons. The number of ether oxygens (including phenoxy) is 4. The predicted molar refractivity (Wildman–Crippen MR) is 65.5 cm³/mol. The molecule has 0 amide bonds. The summed E-state index contributed by atoms with van der Waals surface area (Å²) in [5.74, 6) is -0.344. The number of carbonyl (C=O) groups excluding carboxylic acids is 1. The first-order valence-electron chi connectivity index (χ1n) is 6.23. The van der Waals surface area contributed by atoms with Crippen molar-refractivity contribution in [2.45, 2.75) is 18.9 Å². The van der Waals surface area contributed by atoms with Gasteiger partial charge in [0.1, 0.15) is 13.2 Å². The van der Waals surface area contributed by atoms with E-state index >= 15 is 0 Å². The van der Waals surface area contributed by atoms with E-state index in [0.717, 1.165) is 19.5 Å². The lowest BCUT2D eigenvalue weighted by molar-refractivity contribution is -0.159. The van der Waals surface area contributed by atoms with E-state index in [1.54, 1.807) is 7.11 Å². The maximum absolute atomic E-state index is 11.3. The van der Waals surface area contributed by atoms with Crippen LogP contribution in [0.15, 0.2) is 0 Å². The molecule has 0 atom stereocenters. The predicted octanol–water partition coefficient (Wildman–Crippen LogP) is -0.0388. The number of rotatable bonds is 10. The van der Waals surface area contributed by atoms with Crippen molar-refractivity contribution in [1.29, 1.82) is 0 Å². The summed E-state index contributed by atoms with van der Waals surface area (Å²) < 4.78 is 20.6. The van der Waals surface area contributed by atoms with Crippen LogP contribution in [0.3, 0.4) is 0 Å². The molecule has 0 aliphatic carbocycles. The molecular weight excluding hydrogens is 238 g/mol. The third-order valence-electron chi connectivity index (χ3n) is 2.66. The van der Waals surface area contributed by atoms with Crippen molar-refractivity contribution in [3.05, 3.63) is 0 Å². The van der Waals surface area contributed by atoms with Crippen LogP contribution in [0.1, 0.15) is 13.3 Å². The molecule has 1 aliphatic heterocycles. The van der Waals surface area contributed by atoms with Gasteiger partial charge in [0.25, 0.3) is 0 Å². The molecule has 0 aromatic rings. The van der Waals surface area contributed by atoms with E-state index in [0.29, 0.717) is 19.8 Å². The number of hydrogen-bond acceptors (Lipinski definition) is 6. The summed E-state index contributed by atoms with van der Waals surface area (Å²) in [6, 6.07) is 0. The highest BCUT2D eigenvalue weighted by Gasteiger charge is 2.33. The van der Waals surface area contributed by atoms with Gasteiger partial charge in [0.05, 0.1) is 12.2 Å². The minimum absolute atomic E-state index is 0.00184. The molecule has 0 aromatic carbocycles. The highest BCUT2D eigenvalue weighted by atomic mass is 16.6. The van der Waals surface area contributed by atoms with Crippen molar-refractivity contribution in [2.24, 2.45) is 0 Å². The van der Waals surface area contributed by atoms with E-state index in [4.69, 9.17) is 18.9 Å². The number of esters is 1. The zero-order chi connectivity index (χ0) is 13.3. The Balaban J connectivity index is 1.87. The lowest BCUT2D eigenvalue weighted by Gasteiger charge is -2.38. The number of carbonyl (C=O) groups is 1. The van der Waals surface area contributed by atoms with Crippen LogP contribution in [0.2, 0.25) is 0 Å². The van der Waals surface area contributed by atoms with E-state index in [-0.39, 0.29) is 24.8 Å². The maximum Gasteiger partial charge on any atom is 0.332 e. The normalized spacial score (nSPS) is 17.2. The smallest absolute Gasteiger partial charge is 0.332 e. The van der Waals surface area contributed by atoms with Gasteiger partial charge in [0, 0.05) is 33.4 Å². The highest BCUT2D eigenvalue weighted by Crippen LogP contribution is 2.14. The molecular formula is C12H23NO5. The Hall–Kier alpha value is -0.690. The van der Waals surface area contributed by atoms with Crippen LogP contribution in [0.25, 0.3) is 0 Å². The molecule has 6 heteroatoms. The second-order valence-electron chi connectivity index (χ2n) is 4.52. The van der Waals surface area contributed by atoms with E-state index in [1.807, 2.05) is 6.92 Å². The first-order chi connectivity index (χ1) is 8.66. The van der Waals surface area contributed by atoms with Crippen molar-refractivity contribution < 1.29 is 23.7 Å². The standard InChI is InChI=1S/C12H23NO5/c1-12(9-13-10-12)18-8-11(14)17-7-6-16-5-3-4-15-2/h13H,3-10H2,1-2H3. The molecule has 1 aliphatic rings. The zero-order valence-corrected chi connectivity index (χ0v) is 11.2. The number of methoxy groups -OCH3 is 1. The van der Waals surface area contributed by atoms with Crippen molar-refractivity contribution in [1.82, 2.24) is 5.32 Å². The molecule has 6 nitrogen and oxygen atoms in total. The molecule has 0 bridgehead atoms. The highest BCUT2D eigenvalue weighted by molar-refractivity contribution is 5.70. The summed E-state index contributed by atoms with van der Waals surface area (Å²) in [5.41, 5.74) is -0.213. The molecule has 0 spiro atoms. The zero-order valence-electron chi connectivity index (χ0n) is 11.2. The van der Waals surface area contributed by atoms with Gasteiger partial charge in [-0.3, -0.25) is 0 Å². The maximum atomic E-state index is 11.3. The van der Waals surface area contributed by atoms with Gasteiger partial charge in [0.2, 0.25) is 0 Å². The van der Waals surface area contributed by atoms with Crippen LogP contribution in [0, 0.1) is 0 Å². The monoisotopic (exact) mass is 261 g/mol. The lowest BCUT2D eigenvalue weighted by Crippen LogP contribution is -2.59. The van der Waals surface area contributed by atoms with E-state index in [1.165, 1.54) is 0 Å².